The fraction of sp³-hybridized carbons (Fsp3) is 0.829. The van der Waals surface area contributed by atoms with Crippen LogP contribution in [0.3, 0.4) is 0 Å². The molecule has 0 unspecified atom stereocenters. The fourth-order valence-corrected chi connectivity index (χ4v) is 13.5. The zero-order chi connectivity index (χ0) is 39.8. The first-order valence-corrected chi connectivity index (χ1v) is 23.2. The van der Waals surface area contributed by atoms with Crippen molar-refractivity contribution in [2.45, 2.75) is 144 Å². The quantitative estimate of drug-likeness (QED) is 0.175. The number of amides is 5. The second-order valence-corrected chi connectivity index (χ2v) is 23.6. The van der Waals surface area contributed by atoms with Crippen LogP contribution in [0.1, 0.15) is 114 Å². The summed E-state index contributed by atoms with van der Waals surface area (Å²) in [4.78, 5) is 75.1. The van der Waals surface area contributed by atoms with Crippen LogP contribution in [-0.2, 0) is 24.0 Å². The Hall–Kier alpha value is -2.19. The van der Waals surface area contributed by atoms with Crippen molar-refractivity contribution in [2.24, 2.45) is 38.9 Å². The summed E-state index contributed by atoms with van der Waals surface area (Å²) in [6, 6.07) is -2.26. The van der Waals surface area contributed by atoms with Gasteiger partial charge in [-0.3, -0.25) is 9.69 Å². The van der Waals surface area contributed by atoms with Gasteiger partial charge in [-0.15, -0.1) is 0 Å². The number of nitrogens with one attached hydrogen (secondary N) is 4. The van der Waals surface area contributed by atoms with Gasteiger partial charge in [0.05, 0.1) is 5.92 Å². The van der Waals surface area contributed by atoms with E-state index in [2.05, 4.69) is 61.8 Å². The van der Waals surface area contributed by atoms with Crippen LogP contribution >= 0.6 is 0 Å². The predicted octanol–water partition coefficient (Wildman–Crippen LogP) is 2.99. The van der Waals surface area contributed by atoms with Crippen molar-refractivity contribution in [1.29, 1.82) is 0 Å². The Morgan fingerprint density at radius 2 is 1.44 bits per heavy atom. The van der Waals surface area contributed by atoms with Gasteiger partial charge in [0, 0.05) is 19.1 Å². The Bertz CT molecular complexity index is 1540. The Kier molecular flexibility index (Phi) is 11.0. The molecule has 0 aromatic carbocycles. The molecule has 6 atom stereocenters. The number of likely N-dealkylation sites (tertiary alicyclic amines) is 2. The number of hydrogen-bond donors (Lipinski definition) is 4. The molecule has 5 amide bonds. The van der Waals surface area contributed by atoms with Gasteiger partial charge in [-0.25, -0.2) is 0 Å². The molecule has 2 radical (unpaired) electrons. The van der Waals surface area contributed by atoms with Crippen molar-refractivity contribution >= 4 is 51.2 Å². The average Bonchev–Trinajstić information content (AvgIpc) is 3.51. The van der Waals surface area contributed by atoms with Gasteiger partial charge in [0.2, 0.25) is 5.91 Å². The topological polar surface area (TPSA) is 143 Å². The van der Waals surface area contributed by atoms with Gasteiger partial charge < -0.3 is 5.32 Å². The Labute approximate surface area is 334 Å². The van der Waals surface area contributed by atoms with Crippen molar-refractivity contribution in [3.8, 4) is 0 Å². The third kappa shape index (κ3) is 6.93. The van der Waals surface area contributed by atoms with Crippen LogP contribution in [0.2, 0.25) is 0 Å². The molecule has 300 valence electrons. The molecule has 3 aliphatic carbocycles. The third-order valence-electron chi connectivity index (χ3n) is 14.7. The molecule has 54 heavy (non-hydrogen) atoms. The summed E-state index contributed by atoms with van der Waals surface area (Å²) in [5, 5.41) is 9.33. The van der Waals surface area contributed by atoms with Crippen LogP contribution in [0.25, 0.3) is 0 Å². The third-order valence-corrected chi connectivity index (χ3v) is 17.9. The van der Waals surface area contributed by atoms with Crippen LogP contribution in [0, 0.1) is 38.9 Å². The molecule has 3 saturated carbocycles. The van der Waals surface area contributed by atoms with E-state index in [4.69, 9.17) is 0 Å². The van der Waals surface area contributed by atoms with Crippen LogP contribution in [0.5, 0.6) is 0 Å². The van der Waals surface area contributed by atoms with E-state index in [1.807, 2.05) is 41.5 Å². The van der Waals surface area contributed by atoms with E-state index in [9.17, 15) is 19.2 Å². The molecule has 0 bridgehead atoms. The summed E-state index contributed by atoms with van der Waals surface area (Å²) in [6.07, 6.45) is 8.37. The normalized spacial score (nSPS) is 31.4. The Morgan fingerprint density at radius 1 is 0.833 bits per heavy atom. The summed E-state index contributed by atoms with van der Waals surface area (Å²) in [6.45, 7) is 28.0. The van der Waals surface area contributed by atoms with E-state index in [0.717, 1.165) is 45.2 Å². The van der Waals surface area contributed by atoms with E-state index in [0.29, 0.717) is 38.5 Å². The maximum absolute atomic E-state index is 15.1. The molecule has 2 spiro atoms. The minimum absolute atomic E-state index is 0.0541. The first-order valence-electron chi connectivity index (χ1n) is 20.5. The number of carbonyl (C=O) groups excluding carboxylic acids is 5. The van der Waals surface area contributed by atoms with Gasteiger partial charge in [-0.2, -0.15) is 0 Å². The fourth-order valence-electron chi connectivity index (χ4n) is 10.5. The van der Waals surface area contributed by atoms with Gasteiger partial charge in [-0.05, 0) is 19.3 Å². The molecule has 3 saturated heterocycles. The van der Waals surface area contributed by atoms with Gasteiger partial charge in [-0.1, -0.05) is 20.8 Å². The molecular formula is C41H67N7O5Sn. The van der Waals surface area contributed by atoms with Crippen molar-refractivity contribution in [2.75, 3.05) is 32.7 Å². The molecule has 6 fully saturated rings. The predicted molar refractivity (Wildman–Crippen MR) is 209 cm³/mol. The van der Waals surface area contributed by atoms with Crippen molar-refractivity contribution in [3.05, 3.63) is 12.7 Å². The SMILES string of the molecule is C=C[C@@H]1C[C@]1(NC(=O)[C@@H]1C[C@@]2(CN1C(=O)[C@@H](NC(=O)[C@@H](NC(=O)C1CN(C(C)C)C1)C(C)(C)C)C(C)(C)C)C(C)(C)C21CCC1)C(=O)[NH][Sn][N]1CCCC1. The molecule has 4 N–H and O–H groups in total. The van der Waals surface area contributed by atoms with Gasteiger partial charge in [0.15, 0.2) is 0 Å². The molecule has 0 aromatic rings. The summed E-state index contributed by atoms with van der Waals surface area (Å²) in [5.74, 6) is -1.67. The molecule has 6 aliphatic rings. The second-order valence-electron chi connectivity index (χ2n) is 20.5. The molecular weight excluding hydrogens is 789 g/mol. The zero-order valence-electron chi connectivity index (χ0n) is 34.6. The summed E-state index contributed by atoms with van der Waals surface area (Å²) in [5.41, 5.74) is -2.59. The molecule has 13 heteroatoms. The Morgan fingerprint density at radius 3 is 1.93 bits per heavy atom. The van der Waals surface area contributed by atoms with Crippen molar-refractivity contribution < 1.29 is 24.0 Å². The Balaban J connectivity index is 1.23. The number of fused-ring (bicyclic) bond motifs is 1. The first kappa shape index (κ1) is 41.4. The van der Waals surface area contributed by atoms with E-state index in [-0.39, 0.29) is 51.7 Å². The van der Waals surface area contributed by atoms with E-state index >= 15 is 4.79 Å². The van der Waals surface area contributed by atoms with Crippen LogP contribution < -0.4 is 19.5 Å². The second kappa shape index (κ2) is 14.3. The van der Waals surface area contributed by atoms with Crippen LogP contribution in [0.15, 0.2) is 12.7 Å². The van der Waals surface area contributed by atoms with E-state index in [1.54, 1.807) is 11.0 Å². The first-order chi connectivity index (χ1) is 25.0. The van der Waals surface area contributed by atoms with E-state index < -0.39 is 62.1 Å². The summed E-state index contributed by atoms with van der Waals surface area (Å²) < 4.78 is 5.62. The molecule has 6 rings (SSSR count). The molecule has 0 aromatic heterocycles. The zero-order valence-corrected chi connectivity index (χ0v) is 37.5. The van der Waals surface area contributed by atoms with Crippen LogP contribution in [0.4, 0.5) is 0 Å². The number of rotatable bonds is 12. The summed E-state index contributed by atoms with van der Waals surface area (Å²) in [7, 11) is 0. The molecule has 12 nitrogen and oxygen atoms in total. The van der Waals surface area contributed by atoms with Gasteiger partial charge in [0.25, 0.3) is 0 Å². The average molecular weight is 857 g/mol. The summed E-state index contributed by atoms with van der Waals surface area (Å²) >= 11 is -1.31. The molecule has 3 heterocycles. The van der Waals surface area contributed by atoms with Crippen LogP contribution in [-0.4, -0.2) is 127 Å². The monoisotopic (exact) mass is 857 g/mol. The number of nitrogens with zero attached hydrogens (tertiary/aromatic N) is 3. The standard InChI is InChI=1S/C37H60N6O5.C4H8N.Sn/c1-12-23-16-37(23,31(38)48)41-28(45)24-17-36(34(10,11)35(36)14-13-15-35)20-43(24)30(47)26(33(7,8)9)40-29(46)25(32(4,5)6)39-27(44)22-18-42(19-22)21(2)3;1-2-4-5-3-1;/h12,21-26H,1,13-20H2,2-11H3,(H5,38,39,40,41,44,45,46,48);1-4H2;/q;-1;+2/p-1/t23-,24+,25-,26-,36-,37-;;/m1../s1. The maximum atomic E-state index is 15.1. The van der Waals surface area contributed by atoms with Gasteiger partial charge in [0.1, 0.15) is 0 Å². The number of carbonyl (C=O) groups is 5. The minimum atomic E-state index is -1.31. The molecule has 3 aliphatic heterocycles. The van der Waals surface area contributed by atoms with Crippen molar-refractivity contribution in [3.63, 3.8) is 0 Å². The number of hydrogen-bond acceptors (Lipinski definition) is 7. The van der Waals surface area contributed by atoms with Gasteiger partial charge >= 0.3 is 250 Å². The van der Waals surface area contributed by atoms with E-state index in [1.165, 1.54) is 0 Å². The van der Waals surface area contributed by atoms with Crippen molar-refractivity contribution in [1.82, 2.24) is 32.4 Å².